The van der Waals surface area contributed by atoms with Crippen LogP contribution in [-0.2, 0) is 11.3 Å². The van der Waals surface area contributed by atoms with Crippen LogP contribution in [0.1, 0.15) is 32.8 Å². The number of aromatic nitrogens is 2. The molecular formula is C13H25ClN4O. The van der Waals surface area contributed by atoms with E-state index in [9.17, 15) is 4.79 Å². The summed E-state index contributed by atoms with van der Waals surface area (Å²) in [5.41, 5.74) is 0.990. The first-order chi connectivity index (χ1) is 8.49. The lowest BCUT2D eigenvalue weighted by Gasteiger charge is -2.18. The van der Waals surface area contributed by atoms with Gasteiger partial charge in [0.1, 0.15) is 5.82 Å². The second-order valence-corrected chi connectivity index (χ2v) is 4.95. The summed E-state index contributed by atoms with van der Waals surface area (Å²) < 4.78 is 1.80. The number of aryl methyl sites for hydroxylation is 2. The van der Waals surface area contributed by atoms with Crippen LogP contribution in [0.3, 0.4) is 0 Å². The number of anilines is 1. The molecule has 0 radical (unpaired) electrons. The summed E-state index contributed by atoms with van der Waals surface area (Å²) in [5, 5.41) is 10.2. The zero-order valence-electron chi connectivity index (χ0n) is 12.4. The largest absolute Gasteiger partial charge is 0.309 e. The molecule has 0 aliphatic heterocycles. The van der Waals surface area contributed by atoms with Crippen LogP contribution < -0.4 is 10.6 Å². The van der Waals surface area contributed by atoms with Crippen molar-refractivity contribution >= 4 is 24.1 Å². The Morgan fingerprint density at radius 1 is 1.47 bits per heavy atom. The van der Waals surface area contributed by atoms with E-state index in [1.807, 2.05) is 20.9 Å². The lowest BCUT2D eigenvalue weighted by Crippen LogP contribution is -2.39. The van der Waals surface area contributed by atoms with Crippen LogP contribution in [0, 0.1) is 12.8 Å². The Kier molecular flexibility index (Phi) is 7.71. The zero-order chi connectivity index (χ0) is 13.7. The van der Waals surface area contributed by atoms with E-state index in [1.54, 1.807) is 10.9 Å². The zero-order valence-corrected chi connectivity index (χ0v) is 13.2. The van der Waals surface area contributed by atoms with Crippen molar-refractivity contribution in [1.29, 1.82) is 0 Å². The molecule has 5 nitrogen and oxygen atoms in total. The van der Waals surface area contributed by atoms with Gasteiger partial charge in [-0.2, -0.15) is 5.10 Å². The van der Waals surface area contributed by atoms with E-state index < -0.39 is 0 Å². The Morgan fingerprint density at radius 3 is 2.58 bits per heavy atom. The molecule has 1 aromatic rings. The van der Waals surface area contributed by atoms with Gasteiger partial charge in [-0.25, -0.2) is 4.68 Å². The average Bonchev–Trinajstić information content (AvgIpc) is 2.67. The minimum Gasteiger partial charge on any atom is -0.309 e. The van der Waals surface area contributed by atoms with Gasteiger partial charge in [-0.1, -0.05) is 13.8 Å². The van der Waals surface area contributed by atoms with E-state index in [2.05, 4.69) is 29.6 Å². The van der Waals surface area contributed by atoms with Gasteiger partial charge in [-0.3, -0.25) is 4.79 Å². The molecule has 1 atom stereocenters. The smallest absolute Gasteiger partial charge is 0.242 e. The van der Waals surface area contributed by atoms with Crippen LogP contribution in [-0.4, -0.2) is 28.8 Å². The predicted molar refractivity (Wildman–Crippen MR) is 80.8 cm³/mol. The molecule has 19 heavy (non-hydrogen) atoms. The third-order valence-electron chi connectivity index (χ3n) is 2.94. The summed E-state index contributed by atoms with van der Waals surface area (Å²) in [6, 6.07) is -0.162. The monoisotopic (exact) mass is 288 g/mol. The molecule has 0 aliphatic rings. The summed E-state index contributed by atoms with van der Waals surface area (Å²) >= 11 is 0. The summed E-state index contributed by atoms with van der Waals surface area (Å²) in [6.45, 7) is 8.92. The van der Waals surface area contributed by atoms with Gasteiger partial charge in [0, 0.05) is 12.1 Å². The lowest BCUT2D eigenvalue weighted by molar-refractivity contribution is -0.118. The van der Waals surface area contributed by atoms with Gasteiger partial charge < -0.3 is 10.6 Å². The molecule has 1 aromatic heterocycles. The summed E-state index contributed by atoms with van der Waals surface area (Å²) in [4.78, 5) is 12.2. The summed E-state index contributed by atoms with van der Waals surface area (Å²) in [7, 11) is 1.82. The number of hydrogen-bond acceptors (Lipinski definition) is 3. The number of carbonyl (C=O) groups is 1. The van der Waals surface area contributed by atoms with Crippen LogP contribution in [0.4, 0.5) is 5.82 Å². The molecule has 1 rings (SSSR count). The van der Waals surface area contributed by atoms with Gasteiger partial charge >= 0.3 is 0 Å². The Labute approximate surface area is 121 Å². The molecule has 0 bridgehead atoms. The topological polar surface area (TPSA) is 59.0 Å². The third-order valence-corrected chi connectivity index (χ3v) is 2.94. The fourth-order valence-electron chi connectivity index (χ4n) is 1.91. The number of nitrogens with one attached hydrogen (secondary N) is 2. The van der Waals surface area contributed by atoms with Crippen molar-refractivity contribution in [2.45, 2.75) is 46.7 Å². The third kappa shape index (κ3) is 4.84. The average molecular weight is 289 g/mol. The first-order valence-corrected chi connectivity index (χ1v) is 6.50. The molecule has 0 unspecified atom stereocenters. The minimum atomic E-state index is -0.162. The summed E-state index contributed by atoms with van der Waals surface area (Å²) in [6.07, 6.45) is 2.59. The molecule has 2 N–H and O–H groups in total. The Balaban J connectivity index is 0.00000324. The Hall–Kier alpha value is -1.07. The van der Waals surface area contributed by atoms with Gasteiger partial charge in [0.15, 0.2) is 0 Å². The standard InChI is InChI=1S/C13H24N4O.ClH/c1-6-17-12(10(4)8-15-17)16-13(18)11(14-5)7-9(2)3;/h8-9,11,14H,6-7H2,1-5H3,(H,16,18);1H/t11-;/m0./s1. The molecule has 0 spiro atoms. The van der Waals surface area contributed by atoms with Crippen LogP contribution in [0.15, 0.2) is 6.20 Å². The highest BCUT2D eigenvalue weighted by molar-refractivity contribution is 5.94. The van der Waals surface area contributed by atoms with Crippen LogP contribution in [0.5, 0.6) is 0 Å². The van der Waals surface area contributed by atoms with Crippen molar-refractivity contribution in [2.24, 2.45) is 5.92 Å². The van der Waals surface area contributed by atoms with Gasteiger partial charge in [-0.05, 0) is 33.2 Å². The summed E-state index contributed by atoms with van der Waals surface area (Å²) in [5.74, 6) is 1.28. The van der Waals surface area contributed by atoms with Crippen LogP contribution >= 0.6 is 12.4 Å². The quantitative estimate of drug-likeness (QED) is 0.844. The second-order valence-electron chi connectivity index (χ2n) is 4.95. The number of likely N-dealkylation sites (N-methyl/N-ethyl adjacent to an activating group) is 1. The molecule has 0 aromatic carbocycles. The van der Waals surface area contributed by atoms with Crippen molar-refractivity contribution in [1.82, 2.24) is 15.1 Å². The molecule has 110 valence electrons. The Bertz CT molecular complexity index is 403. The highest BCUT2D eigenvalue weighted by Crippen LogP contribution is 2.15. The molecule has 0 saturated heterocycles. The normalized spacial score (nSPS) is 12.1. The predicted octanol–water partition coefficient (Wildman–Crippen LogP) is 2.21. The molecule has 0 fully saturated rings. The molecule has 6 heteroatoms. The first-order valence-electron chi connectivity index (χ1n) is 6.50. The van der Waals surface area contributed by atoms with Gasteiger partial charge in [-0.15, -0.1) is 12.4 Å². The molecule has 1 amide bonds. The highest BCUT2D eigenvalue weighted by atomic mass is 35.5. The van der Waals surface area contributed by atoms with E-state index in [0.29, 0.717) is 5.92 Å². The van der Waals surface area contributed by atoms with Gasteiger partial charge in [0.2, 0.25) is 5.91 Å². The fourth-order valence-corrected chi connectivity index (χ4v) is 1.91. The lowest BCUT2D eigenvalue weighted by atomic mass is 10.0. The van der Waals surface area contributed by atoms with Gasteiger partial charge in [0.05, 0.1) is 12.2 Å². The Morgan fingerprint density at radius 2 is 2.11 bits per heavy atom. The maximum Gasteiger partial charge on any atom is 0.242 e. The maximum atomic E-state index is 12.2. The van der Waals surface area contributed by atoms with E-state index in [0.717, 1.165) is 24.3 Å². The number of amides is 1. The second kappa shape index (κ2) is 8.17. The van der Waals surface area contributed by atoms with E-state index in [1.165, 1.54) is 0 Å². The minimum absolute atomic E-state index is 0. The van der Waals surface area contributed by atoms with Crippen molar-refractivity contribution in [2.75, 3.05) is 12.4 Å². The van der Waals surface area contributed by atoms with Crippen molar-refractivity contribution in [3.05, 3.63) is 11.8 Å². The highest BCUT2D eigenvalue weighted by Gasteiger charge is 2.19. The van der Waals surface area contributed by atoms with Crippen LogP contribution in [0.25, 0.3) is 0 Å². The van der Waals surface area contributed by atoms with E-state index in [4.69, 9.17) is 0 Å². The number of carbonyl (C=O) groups excluding carboxylic acids is 1. The number of halogens is 1. The first kappa shape index (κ1) is 17.9. The van der Waals surface area contributed by atoms with Crippen molar-refractivity contribution in [3.8, 4) is 0 Å². The van der Waals surface area contributed by atoms with Crippen LogP contribution in [0.2, 0.25) is 0 Å². The number of rotatable bonds is 6. The SMILES string of the molecule is CCn1ncc(C)c1NC(=O)[C@H](CC(C)C)NC.Cl. The van der Waals surface area contributed by atoms with Gasteiger partial charge in [0.25, 0.3) is 0 Å². The van der Waals surface area contributed by atoms with Crippen molar-refractivity contribution in [3.63, 3.8) is 0 Å². The van der Waals surface area contributed by atoms with E-state index >= 15 is 0 Å². The molecule has 0 aliphatic carbocycles. The molecule has 0 saturated carbocycles. The maximum absolute atomic E-state index is 12.2. The van der Waals surface area contributed by atoms with E-state index in [-0.39, 0.29) is 24.4 Å². The number of nitrogens with zero attached hydrogens (tertiary/aromatic N) is 2. The number of hydrogen-bond donors (Lipinski definition) is 2. The van der Waals surface area contributed by atoms with Crippen molar-refractivity contribution < 1.29 is 4.79 Å². The fraction of sp³-hybridized carbons (Fsp3) is 0.692. The molecule has 1 heterocycles. The molecular weight excluding hydrogens is 264 g/mol.